The quantitative estimate of drug-likeness (QED) is 0.289. The number of halogens is 3. The number of rotatable bonds is 8. The van der Waals surface area contributed by atoms with Crippen LogP contribution in [0, 0.1) is 24.7 Å². The monoisotopic (exact) mass is 838 g/mol. The third-order valence-corrected chi connectivity index (χ3v) is 14.9. The normalized spacial score (nSPS) is 29.8. The maximum Gasteiger partial charge on any atom is 0.411 e. The number of nitrogens with one attached hydrogen (secondary N) is 2. The van der Waals surface area contributed by atoms with Crippen molar-refractivity contribution in [3.8, 4) is 16.3 Å². The van der Waals surface area contributed by atoms with E-state index in [1.54, 1.807) is 36.8 Å². The molecule has 7 atom stereocenters. The molecule has 3 N–H and O–H groups in total. The van der Waals surface area contributed by atoms with Gasteiger partial charge in [0.1, 0.15) is 35.0 Å². The lowest BCUT2D eigenvalue weighted by Crippen LogP contribution is -2.66. The number of carboxylic acid groups (broad SMARTS) is 1. The van der Waals surface area contributed by atoms with Gasteiger partial charge < -0.3 is 20.1 Å². The van der Waals surface area contributed by atoms with Gasteiger partial charge in [-0.3, -0.25) is 34.0 Å². The summed E-state index contributed by atoms with van der Waals surface area (Å²) in [6.45, 7) is 7.73. The van der Waals surface area contributed by atoms with Crippen molar-refractivity contribution in [1.29, 1.82) is 0 Å². The van der Waals surface area contributed by atoms with Crippen LogP contribution in [0.2, 0.25) is 0 Å². The second-order valence-electron chi connectivity index (χ2n) is 16.8. The zero-order valence-electron chi connectivity index (χ0n) is 32.6. The Morgan fingerprint density at radius 1 is 1.16 bits per heavy atom. The fourth-order valence-electron chi connectivity index (χ4n) is 7.95. The SMILES string of the molecule is Cc1cc(O[C@@H]2C[C@H]3C(=O)N[C@]4(C(=O)NS(=O)(=O)C5(C)CC5)C[C@H]4/C=C\CC[C@H](C)C[C@@H](C)[C@H](N(C(=O)O)C(C)(C)C(F)(F)F)C(=O)N3C2)cc(-c2cncs2)n1. The number of hydrogen-bond donors (Lipinski definition) is 3. The van der Waals surface area contributed by atoms with Crippen molar-refractivity contribution >= 4 is 45.2 Å². The highest BCUT2D eigenvalue weighted by atomic mass is 32.2. The van der Waals surface area contributed by atoms with Gasteiger partial charge in [0.15, 0.2) is 0 Å². The van der Waals surface area contributed by atoms with Crippen molar-refractivity contribution in [2.45, 2.75) is 127 Å². The van der Waals surface area contributed by atoms with Crippen LogP contribution in [0.5, 0.6) is 5.75 Å². The lowest BCUT2D eigenvalue weighted by Gasteiger charge is -2.45. The van der Waals surface area contributed by atoms with Crippen LogP contribution in [-0.2, 0) is 24.4 Å². The predicted octanol–water partition coefficient (Wildman–Crippen LogP) is 5.44. The van der Waals surface area contributed by atoms with E-state index in [0.29, 0.717) is 56.7 Å². The molecule has 4 aliphatic rings. The van der Waals surface area contributed by atoms with E-state index >= 15 is 0 Å². The van der Waals surface area contributed by atoms with Crippen LogP contribution in [0.1, 0.15) is 85.3 Å². The molecule has 4 heterocycles. The Kier molecular flexibility index (Phi) is 11.3. The Morgan fingerprint density at radius 2 is 1.86 bits per heavy atom. The smallest absolute Gasteiger partial charge is 0.411 e. The van der Waals surface area contributed by atoms with E-state index < -0.39 is 85.9 Å². The van der Waals surface area contributed by atoms with E-state index in [1.807, 2.05) is 13.0 Å². The molecule has 4 amide bonds. The number of carbonyl (C=O) groups excluding carboxylic acids is 3. The Hall–Kier alpha value is -4.26. The van der Waals surface area contributed by atoms with Crippen LogP contribution in [0.3, 0.4) is 0 Å². The Balaban J connectivity index is 1.41. The summed E-state index contributed by atoms with van der Waals surface area (Å²) in [4.78, 5) is 66.9. The molecule has 2 aliphatic heterocycles. The molecular formula is C38H49F3N6O8S2. The Labute approximate surface area is 333 Å². The molecular weight excluding hydrogens is 790 g/mol. The molecule has 2 aromatic rings. The first-order valence-corrected chi connectivity index (χ1v) is 21.3. The number of aromatic nitrogens is 2. The third kappa shape index (κ3) is 8.36. The number of carbonyl (C=O) groups is 4. The van der Waals surface area contributed by atoms with E-state index in [1.165, 1.54) is 25.2 Å². The summed E-state index contributed by atoms with van der Waals surface area (Å²) in [5, 5.41) is 13.2. The average Bonchev–Trinajstić information content (AvgIpc) is 3.85. The van der Waals surface area contributed by atoms with Gasteiger partial charge in [-0.2, -0.15) is 13.2 Å². The summed E-state index contributed by atoms with van der Waals surface area (Å²) in [5.74, 6) is -4.20. The molecule has 0 bridgehead atoms. The van der Waals surface area contributed by atoms with Gasteiger partial charge in [0.2, 0.25) is 21.8 Å². The molecule has 19 heteroatoms. The average molecular weight is 839 g/mol. The molecule has 0 spiro atoms. The number of aryl methyl sites for hydroxylation is 1. The summed E-state index contributed by atoms with van der Waals surface area (Å²) < 4.78 is 77.8. The fraction of sp³-hybridized carbons (Fsp3) is 0.632. The maximum atomic E-state index is 15.0. The van der Waals surface area contributed by atoms with Crippen LogP contribution in [0.15, 0.2) is 36.0 Å². The molecule has 2 aliphatic carbocycles. The number of hydrogen-bond acceptors (Lipinski definition) is 10. The van der Waals surface area contributed by atoms with E-state index in [2.05, 4.69) is 20.0 Å². The summed E-state index contributed by atoms with van der Waals surface area (Å²) >= 11 is 1.35. The minimum Gasteiger partial charge on any atom is -0.488 e. The topological polar surface area (TPSA) is 188 Å². The highest BCUT2D eigenvalue weighted by Crippen LogP contribution is 2.48. The number of alkyl halides is 3. The van der Waals surface area contributed by atoms with Crippen LogP contribution in [0.4, 0.5) is 18.0 Å². The molecule has 2 saturated carbocycles. The van der Waals surface area contributed by atoms with Crippen molar-refractivity contribution in [3.05, 3.63) is 41.7 Å². The van der Waals surface area contributed by atoms with Crippen LogP contribution < -0.4 is 14.8 Å². The van der Waals surface area contributed by atoms with E-state index in [0.717, 1.165) is 9.78 Å². The Bertz CT molecular complexity index is 2040. The molecule has 2 aromatic heterocycles. The standard InChI is InChI=1S/C38H49F3N6O8S2/c1-21-9-7-8-10-24-17-37(24,33(50)45-57(53,54)36(6)11-12-36)44-31(48)28-16-26(55-25-14-23(3)43-27(15-25)29-18-42-20-56-29)19-46(28)32(49)30(22(2)13-21)47(34(51)52)35(4,5)38(39,40)41/h8,10,14-15,18,20-22,24,26,28,30H,7,9,11-13,16-17,19H2,1-6H3,(H,44,48)(H,45,50)(H,51,52)/b10-8-/t21-,22+,24+,26+,28-,30-,37+/m0/s1. The number of sulfonamides is 1. The van der Waals surface area contributed by atoms with E-state index in [9.17, 15) is 45.9 Å². The van der Waals surface area contributed by atoms with Gasteiger partial charge in [-0.15, -0.1) is 11.3 Å². The predicted molar refractivity (Wildman–Crippen MR) is 203 cm³/mol. The number of allylic oxidation sites excluding steroid dienone is 1. The van der Waals surface area contributed by atoms with Gasteiger partial charge in [0, 0.05) is 36.4 Å². The molecule has 6 rings (SSSR count). The molecule has 0 unspecified atom stereocenters. The van der Waals surface area contributed by atoms with Crippen molar-refractivity contribution in [2.75, 3.05) is 6.54 Å². The fourth-order valence-corrected chi connectivity index (χ4v) is 9.84. The molecule has 0 aromatic carbocycles. The number of thiazole rings is 1. The number of nitrogens with zero attached hydrogens (tertiary/aromatic N) is 4. The first-order valence-electron chi connectivity index (χ1n) is 19.0. The van der Waals surface area contributed by atoms with Gasteiger partial charge >= 0.3 is 12.3 Å². The first-order chi connectivity index (χ1) is 26.5. The molecule has 312 valence electrons. The number of pyridine rings is 1. The first kappa shape index (κ1) is 42.3. The second-order valence-corrected chi connectivity index (χ2v) is 19.9. The highest BCUT2D eigenvalue weighted by molar-refractivity contribution is 7.91. The van der Waals surface area contributed by atoms with Gasteiger partial charge in [-0.25, -0.2) is 13.2 Å². The molecule has 14 nitrogen and oxygen atoms in total. The van der Waals surface area contributed by atoms with Gasteiger partial charge in [-0.05, 0) is 78.1 Å². The van der Waals surface area contributed by atoms with Gasteiger partial charge in [0.05, 0.1) is 27.4 Å². The van der Waals surface area contributed by atoms with Crippen molar-refractivity contribution < 1.29 is 50.6 Å². The number of ether oxygens (including phenoxy) is 1. The van der Waals surface area contributed by atoms with E-state index in [-0.39, 0.29) is 36.6 Å². The lowest BCUT2D eigenvalue weighted by atomic mass is 9.85. The second kappa shape index (κ2) is 15.2. The van der Waals surface area contributed by atoms with E-state index in [4.69, 9.17) is 4.74 Å². The maximum absolute atomic E-state index is 15.0. The van der Waals surface area contributed by atoms with Crippen LogP contribution >= 0.6 is 11.3 Å². The summed E-state index contributed by atoms with van der Waals surface area (Å²) in [7, 11) is -4.11. The number of fused-ring (bicyclic) bond motifs is 2. The largest absolute Gasteiger partial charge is 0.488 e. The molecule has 0 radical (unpaired) electrons. The summed E-state index contributed by atoms with van der Waals surface area (Å²) in [6.07, 6.45) is -1.02. The molecule has 57 heavy (non-hydrogen) atoms. The lowest BCUT2D eigenvalue weighted by molar-refractivity contribution is -0.222. The third-order valence-electron chi connectivity index (χ3n) is 11.9. The van der Waals surface area contributed by atoms with Crippen molar-refractivity contribution in [2.24, 2.45) is 17.8 Å². The highest BCUT2D eigenvalue weighted by Gasteiger charge is 2.64. The molecule has 1 saturated heterocycles. The summed E-state index contributed by atoms with van der Waals surface area (Å²) in [5.41, 5.74) is -1.94. The van der Waals surface area contributed by atoms with Crippen LogP contribution in [-0.4, -0.2) is 104 Å². The summed E-state index contributed by atoms with van der Waals surface area (Å²) in [6, 6.07) is -0.0217. The zero-order chi connectivity index (χ0) is 41.9. The minimum atomic E-state index is -5.08. The molecule has 3 fully saturated rings. The van der Waals surface area contributed by atoms with Crippen molar-refractivity contribution in [1.82, 2.24) is 29.8 Å². The van der Waals surface area contributed by atoms with Gasteiger partial charge in [-0.1, -0.05) is 26.0 Å². The zero-order valence-corrected chi connectivity index (χ0v) is 34.3. The van der Waals surface area contributed by atoms with Crippen LogP contribution in [0.25, 0.3) is 10.6 Å². The minimum absolute atomic E-state index is 0.0618. The number of amides is 4. The van der Waals surface area contributed by atoms with Gasteiger partial charge in [0.25, 0.3) is 5.91 Å². The van der Waals surface area contributed by atoms with Crippen molar-refractivity contribution in [3.63, 3.8) is 0 Å². The Morgan fingerprint density at radius 3 is 2.47 bits per heavy atom.